The van der Waals surface area contributed by atoms with E-state index in [-0.39, 0.29) is 26.4 Å². The molecule has 0 unspecified atom stereocenters. The monoisotopic (exact) mass is 591 g/mol. The van der Waals surface area contributed by atoms with Gasteiger partial charge in [0, 0.05) is 10.8 Å². The van der Waals surface area contributed by atoms with Gasteiger partial charge in [-0.3, -0.25) is 0 Å². The quantitative estimate of drug-likeness (QED) is 0.0673. The van der Waals surface area contributed by atoms with Gasteiger partial charge in [0.05, 0.1) is 26.4 Å². The second-order valence-corrected chi connectivity index (χ2v) is 13.7. The molecule has 4 nitrogen and oxygen atoms in total. The number of benzene rings is 1. The van der Waals surface area contributed by atoms with Crippen molar-refractivity contribution in [2.24, 2.45) is 10.8 Å². The summed E-state index contributed by atoms with van der Waals surface area (Å²) in [6.45, 7) is 4.47. The van der Waals surface area contributed by atoms with Crippen LogP contribution in [0.25, 0.3) is 0 Å². The van der Waals surface area contributed by atoms with Crippen molar-refractivity contribution < 1.29 is 20.4 Å². The first-order valence-electron chi connectivity index (χ1n) is 18.0. The third-order valence-corrected chi connectivity index (χ3v) is 9.61. The fourth-order valence-electron chi connectivity index (χ4n) is 6.51. The lowest BCUT2D eigenvalue weighted by Crippen LogP contribution is -2.33. The maximum Gasteiger partial charge on any atom is 0.0512 e. The lowest BCUT2D eigenvalue weighted by molar-refractivity contribution is 0.0438. The summed E-state index contributed by atoms with van der Waals surface area (Å²) in [6, 6.07) is 8.38. The fraction of sp³-hybridized carbons (Fsp3) is 0.842. The molecule has 0 heterocycles. The smallest absolute Gasteiger partial charge is 0.0512 e. The van der Waals surface area contributed by atoms with E-state index in [1.165, 1.54) is 103 Å². The highest BCUT2D eigenvalue weighted by Crippen LogP contribution is 2.32. The Balaban J connectivity index is 2.52. The van der Waals surface area contributed by atoms with Gasteiger partial charge in [0.1, 0.15) is 0 Å². The molecular weight excluding hydrogens is 520 g/mol. The van der Waals surface area contributed by atoms with Gasteiger partial charge in [-0.1, -0.05) is 167 Å². The Kier molecular flexibility index (Phi) is 23.6. The first-order chi connectivity index (χ1) is 20.5. The second-order valence-electron chi connectivity index (χ2n) is 13.7. The van der Waals surface area contributed by atoms with Crippen LogP contribution in [0, 0.1) is 10.8 Å². The highest BCUT2D eigenvalue weighted by atomic mass is 16.3. The Hall–Kier alpha value is -0.940. The van der Waals surface area contributed by atoms with Gasteiger partial charge in [0.2, 0.25) is 0 Å². The van der Waals surface area contributed by atoms with E-state index in [9.17, 15) is 20.4 Å². The van der Waals surface area contributed by atoms with E-state index < -0.39 is 10.8 Å². The summed E-state index contributed by atoms with van der Waals surface area (Å²) in [5, 5.41) is 41.2. The van der Waals surface area contributed by atoms with E-state index in [4.69, 9.17) is 0 Å². The van der Waals surface area contributed by atoms with Gasteiger partial charge in [-0.25, -0.2) is 0 Å². The molecule has 0 aliphatic rings. The number of aliphatic hydroxyl groups excluding tert-OH is 4. The topological polar surface area (TPSA) is 80.9 Å². The van der Waals surface area contributed by atoms with Crippen LogP contribution >= 0.6 is 0 Å². The molecule has 0 amide bonds. The minimum atomic E-state index is -0.500. The molecule has 0 radical (unpaired) electrons. The van der Waals surface area contributed by atoms with E-state index in [1.807, 2.05) is 6.07 Å². The van der Waals surface area contributed by atoms with Crippen molar-refractivity contribution >= 4 is 0 Å². The third kappa shape index (κ3) is 17.4. The molecule has 0 fully saturated rings. The summed E-state index contributed by atoms with van der Waals surface area (Å²) in [7, 11) is 0. The summed E-state index contributed by atoms with van der Waals surface area (Å²) >= 11 is 0. The average Bonchev–Trinajstić information content (AvgIpc) is 3.02. The van der Waals surface area contributed by atoms with Gasteiger partial charge in [0.25, 0.3) is 0 Å². The summed E-state index contributed by atoms with van der Waals surface area (Å²) in [6.07, 6.45) is 28.5. The molecule has 4 N–H and O–H groups in total. The predicted molar refractivity (Wildman–Crippen MR) is 180 cm³/mol. The first-order valence-corrected chi connectivity index (χ1v) is 18.0. The van der Waals surface area contributed by atoms with E-state index in [1.54, 1.807) is 0 Å². The van der Waals surface area contributed by atoms with Crippen molar-refractivity contribution in [2.75, 3.05) is 26.4 Å². The predicted octanol–water partition coefficient (Wildman–Crippen LogP) is 9.34. The van der Waals surface area contributed by atoms with Crippen molar-refractivity contribution in [3.63, 3.8) is 0 Å². The zero-order valence-corrected chi connectivity index (χ0v) is 27.9. The lowest BCUT2D eigenvalue weighted by atomic mass is 9.76. The highest BCUT2D eigenvalue weighted by molar-refractivity contribution is 5.26. The summed E-state index contributed by atoms with van der Waals surface area (Å²) in [4.78, 5) is 0. The van der Waals surface area contributed by atoms with E-state index in [0.717, 1.165) is 49.7 Å². The van der Waals surface area contributed by atoms with Crippen molar-refractivity contribution in [1.82, 2.24) is 0 Å². The number of rotatable bonds is 30. The van der Waals surface area contributed by atoms with Crippen LogP contribution in [0.15, 0.2) is 24.3 Å². The zero-order chi connectivity index (χ0) is 30.8. The maximum absolute atomic E-state index is 10.3. The molecule has 0 atom stereocenters. The van der Waals surface area contributed by atoms with Gasteiger partial charge < -0.3 is 20.4 Å². The molecule has 1 rings (SSSR count). The Morgan fingerprint density at radius 2 is 0.714 bits per heavy atom. The number of hydrogen-bond acceptors (Lipinski definition) is 4. The molecule has 0 aromatic heterocycles. The van der Waals surface area contributed by atoms with Crippen molar-refractivity contribution in [1.29, 1.82) is 0 Å². The lowest BCUT2D eigenvalue weighted by Gasteiger charge is -2.32. The Bertz CT molecular complexity index is 668. The van der Waals surface area contributed by atoms with Crippen LogP contribution in [0.2, 0.25) is 0 Å². The molecule has 1 aromatic rings. The van der Waals surface area contributed by atoms with Crippen LogP contribution in [-0.2, 0) is 12.8 Å². The van der Waals surface area contributed by atoms with Gasteiger partial charge in [-0.05, 0) is 36.8 Å². The molecule has 1 aromatic carbocycles. The highest BCUT2D eigenvalue weighted by Gasteiger charge is 2.31. The number of unbranched alkanes of at least 4 members (excludes halogenated alkanes) is 18. The summed E-state index contributed by atoms with van der Waals surface area (Å²) < 4.78 is 0. The molecule has 0 aliphatic carbocycles. The minimum absolute atomic E-state index is 0.0128. The summed E-state index contributed by atoms with van der Waals surface area (Å²) in [5.41, 5.74) is 1.23. The molecular formula is C38H70O4. The molecule has 246 valence electrons. The molecule has 0 bridgehead atoms. The minimum Gasteiger partial charge on any atom is -0.396 e. The van der Waals surface area contributed by atoms with E-state index in [2.05, 4.69) is 32.0 Å². The average molecular weight is 591 g/mol. The third-order valence-electron chi connectivity index (χ3n) is 9.61. The zero-order valence-electron chi connectivity index (χ0n) is 27.9. The van der Waals surface area contributed by atoms with Crippen LogP contribution in [0.1, 0.15) is 166 Å². The summed E-state index contributed by atoms with van der Waals surface area (Å²) in [5.74, 6) is 0. The molecule has 0 spiro atoms. The van der Waals surface area contributed by atoms with Gasteiger partial charge in [-0.2, -0.15) is 0 Å². The SMILES string of the molecule is CCCCCCCCCCCCC(CO)(CO)Cc1cccc(CC(CO)(CO)CCCCCCCCCCCC)c1. The van der Waals surface area contributed by atoms with Crippen LogP contribution in [-0.4, -0.2) is 46.9 Å². The van der Waals surface area contributed by atoms with Gasteiger partial charge >= 0.3 is 0 Å². The molecule has 42 heavy (non-hydrogen) atoms. The van der Waals surface area contributed by atoms with E-state index in [0.29, 0.717) is 12.8 Å². The second kappa shape index (κ2) is 25.4. The fourth-order valence-corrected chi connectivity index (χ4v) is 6.51. The maximum atomic E-state index is 10.3. The van der Waals surface area contributed by atoms with Crippen LogP contribution in [0.3, 0.4) is 0 Å². The van der Waals surface area contributed by atoms with Crippen LogP contribution < -0.4 is 0 Å². The Morgan fingerprint density at radius 1 is 0.429 bits per heavy atom. The van der Waals surface area contributed by atoms with E-state index >= 15 is 0 Å². The normalized spacial score (nSPS) is 12.3. The standard InChI is InChI=1S/C38H70O4/c1-3-5-7-9-11-13-15-17-19-21-26-37(31-39,32-40)29-35-24-23-25-36(28-35)30-38(33-41,34-42)27-22-20-18-16-14-12-10-8-6-4-2/h23-25,28,39-42H,3-22,26-27,29-34H2,1-2H3. The van der Waals surface area contributed by atoms with Crippen molar-refractivity contribution in [3.05, 3.63) is 35.4 Å². The largest absolute Gasteiger partial charge is 0.396 e. The molecule has 0 saturated carbocycles. The van der Waals surface area contributed by atoms with Crippen LogP contribution in [0.5, 0.6) is 0 Å². The van der Waals surface area contributed by atoms with Crippen LogP contribution in [0.4, 0.5) is 0 Å². The first kappa shape index (κ1) is 39.1. The van der Waals surface area contributed by atoms with Crippen molar-refractivity contribution in [2.45, 2.75) is 168 Å². The van der Waals surface area contributed by atoms with Gasteiger partial charge in [-0.15, -0.1) is 0 Å². The number of hydrogen-bond donors (Lipinski definition) is 4. The molecule has 0 saturated heterocycles. The van der Waals surface area contributed by atoms with Gasteiger partial charge in [0.15, 0.2) is 0 Å². The molecule has 4 heteroatoms. The Labute approximate surface area is 260 Å². The molecule has 0 aliphatic heterocycles. The Morgan fingerprint density at radius 3 is 1.00 bits per heavy atom. The number of aliphatic hydroxyl groups is 4. The van der Waals surface area contributed by atoms with Crippen molar-refractivity contribution in [3.8, 4) is 0 Å².